The number of nitrogens with zero attached hydrogens (tertiary/aromatic N) is 6. The topological polar surface area (TPSA) is 86.7 Å². The van der Waals surface area contributed by atoms with Gasteiger partial charge in [-0.15, -0.1) is 0 Å². The molecule has 7 aromatic heterocycles. The first-order valence-corrected chi connectivity index (χ1v) is 17.2. The number of para-hydroxylation sites is 4. The summed E-state index contributed by atoms with van der Waals surface area (Å²) >= 11 is 0. The van der Waals surface area contributed by atoms with Crippen LogP contribution in [-0.2, 0) is 0 Å². The minimum atomic E-state index is 0.624. The van der Waals surface area contributed by atoms with Gasteiger partial charge in [-0.3, -0.25) is 8.80 Å². The highest BCUT2D eigenvalue weighted by Crippen LogP contribution is 2.41. The van der Waals surface area contributed by atoms with Crippen molar-refractivity contribution in [2.75, 3.05) is 0 Å². The van der Waals surface area contributed by atoms with Gasteiger partial charge in [-0.05, 0) is 48.5 Å². The van der Waals surface area contributed by atoms with E-state index in [1.165, 1.54) is 0 Å². The van der Waals surface area contributed by atoms with Gasteiger partial charge in [-0.25, -0.2) is 19.9 Å². The largest absolute Gasteiger partial charge is 0.456 e. The summed E-state index contributed by atoms with van der Waals surface area (Å²) in [7, 11) is 0. The third kappa shape index (κ3) is 3.27. The van der Waals surface area contributed by atoms with Crippen LogP contribution in [0.1, 0.15) is 0 Å². The van der Waals surface area contributed by atoms with Crippen LogP contribution in [0.3, 0.4) is 0 Å². The van der Waals surface area contributed by atoms with E-state index in [9.17, 15) is 0 Å². The van der Waals surface area contributed by atoms with Gasteiger partial charge >= 0.3 is 0 Å². The number of benzene rings is 6. The van der Waals surface area contributed by atoms with E-state index in [-0.39, 0.29) is 0 Å². The van der Waals surface area contributed by atoms with Crippen molar-refractivity contribution in [1.29, 1.82) is 0 Å². The molecular formula is C44H22N6O2. The van der Waals surface area contributed by atoms with Crippen LogP contribution in [0.15, 0.2) is 142 Å². The quantitative estimate of drug-likeness (QED) is 0.171. The lowest BCUT2D eigenvalue weighted by atomic mass is 10.1. The molecule has 0 saturated carbocycles. The zero-order valence-electron chi connectivity index (χ0n) is 27.2. The lowest BCUT2D eigenvalue weighted by Gasteiger charge is -2.12. The van der Waals surface area contributed by atoms with Crippen molar-refractivity contribution in [3.05, 3.63) is 133 Å². The van der Waals surface area contributed by atoms with Gasteiger partial charge in [-0.2, -0.15) is 0 Å². The predicted molar refractivity (Wildman–Crippen MR) is 206 cm³/mol. The highest BCUT2D eigenvalue weighted by molar-refractivity contribution is 6.19. The molecule has 8 heteroatoms. The number of fused-ring (bicyclic) bond motifs is 14. The Morgan fingerprint density at radius 1 is 0.365 bits per heavy atom. The molecule has 8 nitrogen and oxygen atoms in total. The highest BCUT2D eigenvalue weighted by Gasteiger charge is 2.26. The minimum absolute atomic E-state index is 0.624. The van der Waals surface area contributed by atoms with E-state index in [0.29, 0.717) is 11.6 Å². The highest BCUT2D eigenvalue weighted by atomic mass is 16.3. The van der Waals surface area contributed by atoms with Gasteiger partial charge in [0.05, 0.1) is 11.0 Å². The molecule has 0 aliphatic carbocycles. The van der Waals surface area contributed by atoms with Crippen LogP contribution in [0.5, 0.6) is 0 Å². The molecule has 0 fully saturated rings. The minimum Gasteiger partial charge on any atom is -0.456 e. The lowest BCUT2D eigenvalue weighted by molar-refractivity contribution is 0.668. The molecule has 7 heterocycles. The SMILES string of the molecule is c1ccc2c(c1)oc1cc(-c3nc4c5ccccc5n5c6nc(-c7ccc8c(c7)oc7ccccc78)nc7c8ccccc8n(c(n3)c45)c76)ccc12. The molecule has 0 aliphatic rings. The first-order chi connectivity index (χ1) is 25.8. The summed E-state index contributed by atoms with van der Waals surface area (Å²) in [6.45, 7) is 0. The normalized spacial score (nSPS) is 12.6. The second-order valence-electron chi connectivity index (χ2n) is 13.5. The maximum Gasteiger partial charge on any atom is 0.167 e. The van der Waals surface area contributed by atoms with Crippen molar-refractivity contribution in [3.8, 4) is 22.8 Å². The number of aromatic nitrogens is 6. The third-order valence-electron chi connectivity index (χ3n) is 10.7. The molecule has 0 saturated heterocycles. The fourth-order valence-electron chi connectivity index (χ4n) is 8.39. The van der Waals surface area contributed by atoms with Crippen molar-refractivity contribution in [2.24, 2.45) is 0 Å². The predicted octanol–water partition coefficient (Wildman–Crippen LogP) is 11.0. The van der Waals surface area contributed by atoms with Gasteiger partial charge in [-0.1, -0.05) is 84.9 Å². The summed E-state index contributed by atoms with van der Waals surface area (Å²) in [5, 5.41) is 6.37. The van der Waals surface area contributed by atoms with Crippen LogP contribution in [0, 0.1) is 0 Å². The lowest BCUT2D eigenvalue weighted by Crippen LogP contribution is -2.04. The Labute approximate surface area is 292 Å². The Hall–Kier alpha value is -7.32. The number of hydrogen-bond donors (Lipinski definition) is 0. The van der Waals surface area contributed by atoms with Gasteiger partial charge in [0, 0.05) is 43.4 Å². The Balaban J connectivity index is 1.16. The van der Waals surface area contributed by atoms with E-state index in [2.05, 4.69) is 106 Å². The monoisotopic (exact) mass is 666 g/mol. The Kier molecular flexibility index (Phi) is 4.73. The summed E-state index contributed by atoms with van der Waals surface area (Å²) in [6, 6.07) is 45.5. The van der Waals surface area contributed by atoms with Crippen molar-refractivity contribution < 1.29 is 8.83 Å². The third-order valence-corrected chi connectivity index (χ3v) is 10.7. The average molecular weight is 667 g/mol. The number of rotatable bonds is 2. The fourth-order valence-corrected chi connectivity index (χ4v) is 8.39. The van der Waals surface area contributed by atoms with Crippen LogP contribution >= 0.6 is 0 Å². The zero-order valence-corrected chi connectivity index (χ0v) is 27.2. The van der Waals surface area contributed by atoms with Gasteiger partial charge in [0.15, 0.2) is 22.9 Å². The summed E-state index contributed by atoms with van der Waals surface area (Å²) in [4.78, 5) is 21.3. The molecule has 0 amide bonds. The Morgan fingerprint density at radius 2 is 0.769 bits per heavy atom. The molecule has 52 heavy (non-hydrogen) atoms. The molecule has 0 N–H and O–H groups in total. The molecule has 0 spiro atoms. The second kappa shape index (κ2) is 9.26. The summed E-state index contributed by atoms with van der Waals surface area (Å²) in [5.41, 5.74) is 12.2. The Morgan fingerprint density at radius 3 is 1.25 bits per heavy atom. The van der Waals surface area contributed by atoms with Crippen molar-refractivity contribution >= 4 is 99.0 Å². The molecular weight excluding hydrogens is 645 g/mol. The molecule has 0 unspecified atom stereocenters. The number of hydrogen-bond acceptors (Lipinski definition) is 6. The molecule has 13 rings (SSSR count). The van der Waals surface area contributed by atoms with Crippen LogP contribution in [0.25, 0.3) is 122 Å². The summed E-state index contributed by atoms with van der Waals surface area (Å²) in [5.74, 6) is 1.25. The first-order valence-electron chi connectivity index (χ1n) is 17.2. The molecule has 240 valence electrons. The molecule has 0 radical (unpaired) electrons. The summed E-state index contributed by atoms with van der Waals surface area (Å²) in [6.07, 6.45) is 0. The van der Waals surface area contributed by atoms with E-state index >= 15 is 0 Å². The smallest absolute Gasteiger partial charge is 0.167 e. The van der Waals surface area contributed by atoms with Gasteiger partial charge < -0.3 is 8.83 Å². The van der Waals surface area contributed by atoms with E-state index in [4.69, 9.17) is 28.8 Å². The van der Waals surface area contributed by atoms with Gasteiger partial charge in [0.25, 0.3) is 0 Å². The van der Waals surface area contributed by atoms with E-state index in [1.54, 1.807) is 0 Å². The molecule has 0 aliphatic heterocycles. The van der Waals surface area contributed by atoms with Crippen LogP contribution in [0.2, 0.25) is 0 Å². The maximum atomic E-state index is 6.28. The van der Waals surface area contributed by atoms with Gasteiger partial charge in [0.1, 0.15) is 44.4 Å². The van der Waals surface area contributed by atoms with Crippen LogP contribution < -0.4 is 0 Å². The molecule has 13 aromatic rings. The molecule has 6 aromatic carbocycles. The van der Waals surface area contributed by atoms with Crippen LogP contribution in [0.4, 0.5) is 0 Å². The second-order valence-corrected chi connectivity index (χ2v) is 13.5. The van der Waals surface area contributed by atoms with E-state index in [1.807, 2.05) is 36.4 Å². The number of furan rings is 2. The van der Waals surface area contributed by atoms with Crippen molar-refractivity contribution in [3.63, 3.8) is 0 Å². The molecule has 0 bridgehead atoms. The summed E-state index contributed by atoms with van der Waals surface area (Å²) < 4.78 is 17.0. The van der Waals surface area contributed by atoms with E-state index < -0.39 is 0 Å². The standard InChI is InChI=1S/C44H22N6O2/c1-5-13-31-29(11-1)37-39-43(47-41(45-37)23-17-19-27-25-9-3-7-15-33(25)51-35(27)21-23)50-32-14-6-2-12-30(32)38-40(50)44(49(31)39)48-42(46-38)24-18-20-28-26-10-4-8-16-34(26)52-36(28)22-24/h1-22H. The van der Waals surface area contributed by atoms with Crippen molar-refractivity contribution in [1.82, 2.24) is 28.7 Å². The molecule has 0 atom stereocenters. The Bertz CT molecular complexity index is 3420. The zero-order chi connectivity index (χ0) is 33.7. The average Bonchev–Trinajstić information content (AvgIpc) is 3.94. The van der Waals surface area contributed by atoms with E-state index in [0.717, 1.165) is 110 Å². The van der Waals surface area contributed by atoms with Crippen LogP contribution in [-0.4, -0.2) is 28.7 Å². The fraction of sp³-hybridized carbons (Fsp3) is 0. The van der Waals surface area contributed by atoms with Gasteiger partial charge in [0.2, 0.25) is 0 Å². The van der Waals surface area contributed by atoms with Crippen molar-refractivity contribution in [2.45, 2.75) is 0 Å². The first kappa shape index (κ1) is 26.5. The maximum absolute atomic E-state index is 6.28.